The molecule has 0 spiro atoms. The highest BCUT2D eigenvalue weighted by molar-refractivity contribution is 9.10. The van der Waals surface area contributed by atoms with Crippen molar-refractivity contribution in [1.29, 1.82) is 0 Å². The summed E-state index contributed by atoms with van der Waals surface area (Å²) in [6, 6.07) is 3.39. The molecule has 0 unspecified atom stereocenters. The van der Waals surface area contributed by atoms with E-state index in [2.05, 4.69) is 35.1 Å². The third-order valence-electron chi connectivity index (χ3n) is 4.57. The van der Waals surface area contributed by atoms with E-state index in [1.165, 1.54) is 6.07 Å². The van der Waals surface area contributed by atoms with Crippen LogP contribution in [0.2, 0.25) is 0 Å². The zero-order valence-electron chi connectivity index (χ0n) is 16.0. The second-order valence-electron chi connectivity index (χ2n) is 7.16. The number of carbonyl (C=O) groups excluding carboxylic acids is 2. The van der Waals surface area contributed by atoms with Crippen LogP contribution in [0.1, 0.15) is 45.6 Å². The Bertz CT molecular complexity index is 821. The molecule has 1 aromatic rings. The van der Waals surface area contributed by atoms with Gasteiger partial charge in [-0.1, -0.05) is 36.7 Å². The Morgan fingerprint density at radius 3 is 2.63 bits per heavy atom. The molecule has 1 aromatic carbocycles. The van der Waals surface area contributed by atoms with Crippen LogP contribution in [-0.4, -0.2) is 39.1 Å². The standard InChI is InChI=1S/C19H27BrN2O4S/c1-4-18(24)22-9-6-14-11-15(20)12-16(19(14)22)27(25,26)10-7-17(23)21-8-5-13(2)3/h11-13H,4-10H2,1-3H3,(H,21,23). The van der Waals surface area contributed by atoms with Gasteiger partial charge in [0.15, 0.2) is 9.84 Å². The Hall–Kier alpha value is -1.41. The van der Waals surface area contributed by atoms with Crippen molar-refractivity contribution < 1.29 is 18.0 Å². The fraction of sp³-hybridized carbons (Fsp3) is 0.579. The van der Waals surface area contributed by atoms with Gasteiger partial charge in [-0.05, 0) is 36.5 Å². The molecule has 0 saturated heterocycles. The molecule has 0 saturated carbocycles. The van der Waals surface area contributed by atoms with E-state index < -0.39 is 9.84 Å². The maximum absolute atomic E-state index is 12.9. The maximum atomic E-state index is 12.9. The van der Waals surface area contributed by atoms with Crippen LogP contribution in [0.25, 0.3) is 0 Å². The van der Waals surface area contributed by atoms with E-state index in [0.29, 0.717) is 42.0 Å². The highest BCUT2D eigenvalue weighted by Crippen LogP contribution is 2.38. The molecule has 8 heteroatoms. The van der Waals surface area contributed by atoms with Crippen molar-refractivity contribution in [3.8, 4) is 0 Å². The number of rotatable bonds is 8. The van der Waals surface area contributed by atoms with Crippen LogP contribution >= 0.6 is 15.9 Å². The van der Waals surface area contributed by atoms with Crippen molar-refractivity contribution in [2.75, 3.05) is 23.7 Å². The van der Waals surface area contributed by atoms with E-state index in [9.17, 15) is 18.0 Å². The smallest absolute Gasteiger partial charge is 0.226 e. The number of hydrogen-bond donors (Lipinski definition) is 1. The van der Waals surface area contributed by atoms with Gasteiger partial charge in [-0.2, -0.15) is 0 Å². The predicted octanol–water partition coefficient (Wildman–Crippen LogP) is 3.07. The number of nitrogens with one attached hydrogen (secondary N) is 1. The Kier molecular flexibility index (Phi) is 7.45. The number of fused-ring (bicyclic) bond motifs is 1. The lowest BCUT2D eigenvalue weighted by molar-refractivity contribution is -0.120. The number of sulfone groups is 1. The van der Waals surface area contributed by atoms with Crippen molar-refractivity contribution in [3.05, 3.63) is 22.2 Å². The molecule has 1 aliphatic rings. The van der Waals surface area contributed by atoms with Gasteiger partial charge in [-0.15, -0.1) is 0 Å². The van der Waals surface area contributed by atoms with Crippen LogP contribution in [-0.2, 0) is 25.8 Å². The summed E-state index contributed by atoms with van der Waals surface area (Å²) in [5, 5.41) is 2.76. The molecular weight excluding hydrogens is 432 g/mol. The predicted molar refractivity (Wildman–Crippen MR) is 110 cm³/mol. The molecule has 0 bridgehead atoms. The first kappa shape index (κ1) is 21.9. The number of nitrogens with zero attached hydrogens (tertiary/aromatic N) is 1. The monoisotopic (exact) mass is 458 g/mol. The summed E-state index contributed by atoms with van der Waals surface area (Å²) in [4.78, 5) is 25.9. The first-order valence-electron chi connectivity index (χ1n) is 9.28. The molecule has 150 valence electrons. The fourth-order valence-electron chi connectivity index (χ4n) is 3.07. The van der Waals surface area contributed by atoms with Gasteiger partial charge in [0.05, 0.1) is 16.3 Å². The summed E-state index contributed by atoms with van der Waals surface area (Å²) >= 11 is 3.36. The normalized spacial score (nSPS) is 13.7. The van der Waals surface area contributed by atoms with Gasteiger partial charge in [-0.3, -0.25) is 9.59 Å². The molecule has 0 aromatic heterocycles. The van der Waals surface area contributed by atoms with E-state index in [4.69, 9.17) is 0 Å². The molecule has 0 atom stereocenters. The number of carbonyl (C=O) groups is 2. The number of benzene rings is 1. The first-order valence-corrected chi connectivity index (χ1v) is 11.7. The summed E-state index contributed by atoms with van der Waals surface area (Å²) in [5.74, 6) is -0.177. The number of halogens is 1. The average Bonchev–Trinajstić information content (AvgIpc) is 3.01. The number of amides is 2. The van der Waals surface area contributed by atoms with E-state index in [-0.39, 0.29) is 28.9 Å². The summed E-state index contributed by atoms with van der Waals surface area (Å²) in [6.45, 7) is 6.91. The first-order chi connectivity index (χ1) is 12.7. The summed E-state index contributed by atoms with van der Waals surface area (Å²) in [6.07, 6.45) is 1.70. The SMILES string of the molecule is CCC(=O)N1CCc2cc(Br)cc(S(=O)(=O)CCC(=O)NCCC(C)C)c21. The Balaban J connectivity index is 2.19. The second kappa shape index (κ2) is 9.19. The second-order valence-corrected chi connectivity index (χ2v) is 10.2. The highest BCUT2D eigenvalue weighted by atomic mass is 79.9. The van der Waals surface area contributed by atoms with Gasteiger partial charge in [0.25, 0.3) is 0 Å². The zero-order valence-corrected chi connectivity index (χ0v) is 18.5. The average molecular weight is 459 g/mol. The van der Waals surface area contributed by atoms with E-state index in [1.807, 2.05) is 6.07 Å². The van der Waals surface area contributed by atoms with E-state index >= 15 is 0 Å². The number of hydrogen-bond acceptors (Lipinski definition) is 4. The van der Waals surface area contributed by atoms with Crippen LogP contribution in [0, 0.1) is 5.92 Å². The van der Waals surface area contributed by atoms with E-state index in [0.717, 1.165) is 12.0 Å². The molecule has 1 N–H and O–H groups in total. The van der Waals surface area contributed by atoms with Crippen molar-refractivity contribution >= 4 is 43.3 Å². The molecule has 1 aliphatic heterocycles. The van der Waals surface area contributed by atoms with E-state index in [1.54, 1.807) is 11.8 Å². The van der Waals surface area contributed by atoms with Crippen LogP contribution in [0.4, 0.5) is 5.69 Å². The molecule has 0 aliphatic carbocycles. The van der Waals surface area contributed by atoms with Gasteiger partial charge < -0.3 is 10.2 Å². The van der Waals surface area contributed by atoms with Gasteiger partial charge >= 0.3 is 0 Å². The lowest BCUT2D eigenvalue weighted by Gasteiger charge is -2.20. The molecular formula is C19H27BrN2O4S. The Morgan fingerprint density at radius 1 is 1.30 bits per heavy atom. The summed E-state index contributed by atoms with van der Waals surface area (Å²) in [7, 11) is -3.70. The van der Waals surface area contributed by atoms with Crippen molar-refractivity contribution in [2.24, 2.45) is 5.92 Å². The quantitative estimate of drug-likeness (QED) is 0.648. The third-order valence-corrected chi connectivity index (χ3v) is 6.75. The largest absolute Gasteiger partial charge is 0.356 e. The minimum atomic E-state index is -3.70. The zero-order chi connectivity index (χ0) is 20.2. The molecule has 1 heterocycles. The van der Waals surface area contributed by atoms with Crippen molar-refractivity contribution in [1.82, 2.24) is 5.32 Å². The Labute approximate surface area is 169 Å². The van der Waals surface area contributed by atoms with Crippen molar-refractivity contribution in [3.63, 3.8) is 0 Å². The molecule has 2 amide bonds. The molecule has 0 radical (unpaired) electrons. The minimum Gasteiger partial charge on any atom is -0.356 e. The van der Waals surface area contributed by atoms with Crippen LogP contribution in [0.5, 0.6) is 0 Å². The summed E-state index contributed by atoms with van der Waals surface area (Å²) in [5.41, 5.74) is 1.32. The molecule has 6 nitrogen and oxygen atoms in total. The maximum Gasteiger partial charge on any atom is 0.226 e. The molecule has 0 fully saturated rings. The van der Waals surface area contributed by atoms with Gasteiger partial charge in [-0.25, -0.2) is 8.42 Å². The van der Waals surface area contributed by atoms with Crippen LogP contribution < -0.4 is 10.2 Å². The number of anilines is 1. The van der Waals surface area contributed by atoms with Gasteiger partial charge in [0.2, 0.25) is 11.8 Å². The fourth-order valence-corrected chi connectivity index (χ4v) is 5.25. The topological polar surface area (TPSA) is 83.6 Å². The highest BCUT2D eigenvalue weighted by Gasteiger charge is 2.32. The van der Waals surface area contributed by atoms with Crippen molar-refractivity contribution in [2.45, 2.75) is 51.3 Å². The van der Waals surface area contributed by atoms with Crippen LogP contribution in [0.3, 0.4) is 0 Å². The molecule has 2 rings (SSSR count). The lowest BCUT2D eigenvalue weighted by Crippen LogP contribution is -2.30. The summed E-state index contributed by atoms with van der Waals surface area (Å²) < 4.78 is 26.6. The Morgan fingerprint density at radius 2 is 2.00 bits per heavy atom. The molecule has 27 heavy (non-hydrogen) atoms. The van der Waals surface area contributed by atoms with Gasteiger partial charge in [0.1, 0.15) is 0 Å². The minimum absolute atomic E-state index is 0.0938. The third kappa shape index (κ3) is 5.54. The van der Waals surface area contributed by atoms with Crippen LogP contribution in [0.15, 0.2) is 21.5 Å². The lowest BCUT2D eigenvalue weighted by atomic mass is 10.1. The van der Waals surface area contributed by atoms with Gasteiger partial charge in [0, 0.05) is 30.4 Å².